The molecule has 0 bridgehead atoms. The second-order valence-electron chi connectivity index (χ2n) is 5.88. The molecule has 0 aromatic carbocycles. The van der Waals surface area contributed by atoms with E-state index in [-0.39, 0.29) is 11.9 Å². The summed E-state index contributed by atoms with van der Waals surface area (Å²) in [6.07, 6.45) is 4.16. The lowest BCUT2D eigenvalue weighted by Crippen LogP contribution is -2.46. The molecule has 21 heavy (non-hydrogen) atoms. The van der Waals surface area contributed by atoms with Gasteiger partial charge in [-0.1, -0.05) is 0 Å². The Balaban J connectivity index is 1.82. The third-order valence-electron chi connectivity index (χ3n) is 4.46. The average molecular weight is 292 g/mol. The second kappa shape index (κ2) is 6.05. The second-order valence-corrected chi connectivity index (χ2v) is 5.88. The number of hydrogen-bond donors (Lipinski definition) is 0. The molecule has 0 radical (unpaired) electrons. The van der Waals surface area contributed by atoms with Crippen LogP contribution in [0.4, 0.5) is 4.79 Å². The van der Waals surface area contributed by atoms with Crippen molar-refractivity contribution in [3.63, 3.8) is 0 Å². The lowest BCUT2D eigenvalue weighted by atomic mass is 9.97. The van der Waals surface area contributed by atoms with Gasteiger partial charge in [-0.2, -0.15) is 5.10 Å². The SMILES string of the molecule is CCn1ncc2c1C(COC)CN(C(=O)N1CCCC1)C2. The van der Waals surface area contributed by atoms with E-state index in [0.29, 0.717) is 13.2 Å². The molecule has 3 rings (SSSR count). The fourth-order valence-electron chi connectivity index (χ4n) is 3.49. The maximum absolute atomic E-state index is 12.6. The number of methoxy groups -OCH3 is 1. The summed E-state index contributed by atoms with van der Waals surface area (Å²) in [5.41, 5.74) is 2.41. The lowest BCUT2D eigenvalue weighted by Gasteiger charge is -2.35. The number of hydrogen-bond acceptors (Lipinski definition) is 3. The highest BCUT2D eigenvalue weighted by atomic mass is 16.5. The van der Waals surface area contributed by atoms with E-state index in [9.17, 15) is 4.79 Å². The number of amides is 2. The first-order chi connectivity index (χ1) is 10.2. The molecule has 6 nitrogen and oxygen atoms in total. The lowest BCUT2D eigenvalue weighted by molar-refractivity contribution is 0.124. The monoisotopic (exact) mass is 292 g/mol. The van der Waals surface area contributed by atoms with Gasteiger partial charge in [-0.15, -0.1) is 0 Å². The van der Waals surface area contributed by atoms with Gasteiger partial charge in [-0.25, -0.2) is 4.79 Å². The zero-order valence-electron chi connectivity index (χ0n) is 12.9. The highest BCUT2D eigenvalue weighted by molar-refractivity contribution is 5.75. The Labute approximate surface area is 125 Å². The van der Waals surface area contributed by atoms with Crippen molar-refractivity contribution in [2.75, 3.05) is 33.4 Å². The summed E-state index contributed by atoms with van der Waals surface area (Å²) < 4.78 is 7.41. The summed E-state index contributed by atoms with van der Waals surface area (Å²) in [6, 6.07) is 0.170. The molecule has 3 heterocycles. The van der Waals surface area contributed by atoms with Crippen molar-refractivity contribution < 1.29 is 9.53 Å². The number of aromatic nitrogens is 2. The fraction of sp³-hybridized carbons (Fsp3) is 0.733. The molecule has 116 valence electrons. The van der Waals surface area contributed by atoms with Crippen LogP contribution < -0.4 is 0 Å². The molecule has 0 aliphatic carbocycles. The number of carbonyl (C=O) groups excluding carboxylic acids is 1. The molecule has 1 saturated heterocycles. The third kappa shape index (κ3) is 2.64. The van der Waals surface area contributed by atoms with E-state index < -0.39 is 0 Å². The largest absolute Gasteiger partial charge is 0.384 e. The van der Waals surface area contributed by atoms with Gasteiger partial charge in [0.05, 0.1) is 25.0 Å². The van der Waals surface area contributed by atoms with Crippen molar-refractivity contribution in [2.24, 2.45) is 0 Å². The number of urea groups is 1. The molecule has 6 heteroatoms. The molecule has 2 aliphatic rings. The first-order valence-electron chi connectivity index (χ1n) is 7.82. The van der Waals surface area contributed by atoms with Gasteiger partial charge < -0.3 is 14.5 Å². The Morgan fingerprint density at radius 1 is 1.38 bits per heavy atom. The minimum absolute atomic E-state index is 0.170. The number of fused-ring (bicyclic) bond motifs is 1. The normalized spacial score (nSPS) is 21.7. The van der Waals surface area contributed by atoms with Gasteiger partial charge in [-0.05, 0) is 19.8 Å². The Morgan fingerprint density at radius 3 is 2.81 bits per heavy atom. The molecule has 1 aromatic rings. The summed E-state index contributed by atoms with van der Waals surface area (Å²) in [5.74, 6) is 0.216. The smallest absolute Gasteiger partial charge is 0.320 e. The number of likely N-dealkylation sites (tertiary alicyclic amines) is 1. The molecule has 2 amide bonds. The highest BCUT2D eigenvalue weighted by Gasteiger charge is 2.33. The molecule has 1 fully saturated rings. The van der Waals surface area contributed by atoms with Gasteiger partial charge in [0.15, 0.2) is 0 Å². The quantitative estimate of drug-likeness (QED) is 0.851. The van der Waals surface area contributed by atoms with Crippen molar-refractivity contribution in [3.05, 3.63) is 17.5 Å². The molecule has 0 saturated carbocycles. The van der Waals surface area contributed by atoms with Crippen LogP contribution in [-0.4, -0.2) is 59.0 Å². The van der Waals surface area contributed by atoms with Crippen molar-refractivity contribution >= 4 is 6.03 Å². The number of ether oxygens (including phenoxy) is 1. The van der Waals surface area contributed by atoms with E-state index in [1.54, 1.807) is 7.11 Å². The molecule has 2 aliphatic heterocycles. The molecule has 0 spiro atoms. The average Bonchev–Trinajstić information content (AvgIpc) is 3.16. The number of aryl methyl sites for hydroxylation is 1. The van der Waals surface area contributed by atoms with Crippen LogP contribution in [0.2, 0.25) is 0 Å². The standard InChI is InChI=1S/C15H24N4O2/c1-3-19-14-12(8-16-19)9-18(10-13(14)11-21-2)15(20)17-6-4-5-7-17/h8,13H,3-7,9-11H2,1-2H3. The zero-order chi connectivity index (χ0) is 14.8. The van der Waals surface area contributed by atoms with Gasteiger partial charge in [0.25, 0.3) is 0 Å². The molecular weight excluding hydrogens is 268 g/mol. The predicted octanol–water partition coefficient (Wildman–Crippen LogP) is 1.66. The van der Waals surface area contributed by atoms with Crippen LogP contribution in [0.25, 0.3) is 0 Å². The number of nitrogens with zero attached hydrogens (tertiary/aromatic N) is 4. The maximum Gasteiger partial charge on any atom is 0.320 e. The van der Waals surface area contributed by atoms with Crippen LogP contribution in [-0.2, 0) is 17.8 Å². The van der Waals surface area contributed by atoms with Crippen LogP contribution in [0.5, 0.6) is 0 Å². The Hall–Kier alpha value is -1.56. The molecule has 1 aromatic heterocycles. The molecule has 0 N–H and O–H groups in total. The Kier molecular flexibility index (Phi) is 4.14. The summed E-state index contributed by atoms with van der Waals surface area (Å²) in [4.78, 5) is 16.5. The van der Waals surface area contributed by atoms with Crippen LogP contribution in [0.1, 0.15) is 36.9 Å². The van der Waals surface area contributed by atoms with Crippen molar-refractivity contribution in [3.8, 4) is 0 Å². The van der Waals surface area contributed by atoms with Gasteiger partial charge in [0.2, 0.25) is 0 Å². The minimum atomic E-state index is 0.170. The number of carbonyl (C=O) groups is 1. The maximum atomic E-state index is 12.6. The Bertz CT molecular complexity index is 508. The van der Waals surface area contributed by atoms with E-state index in [4.69, 9.17) is 4.74 Å². The minimum Gasteiger partial charge on any atom is -0.384 e. The van der Waals surface area contributed by atoms with Gasteiger partial charge in [0.1, 0.15) is 0 Å². The van der Waals surface area contributed by atoms with Crippen LogP contribution >= 0.6 is 0 Å². The van der Waals surface area contributed by atoms with Gasteiger partial charge in [0, 0.05) is 44.8 Å². The van der Waals surface area contributed by atoms with E-state index in [2.05, 4.69) is 12.0 Å². The van der Waals surface area contributed by atoms with E-state index in [1.165, 1.54) is 5.69 Å². The topological polar surface area (TPSA) is 50.6 Å². The van der Waals surface area contributed by atoms with Crippen molar-refractivity contribution in [1.29, 1.82) is 0 Å². The number of rotatable bonds is 3. The summed E-state index contributed by atoms with van der Waals surface area (Å²) >= 11 is 0. The summed E-state index contributed by atoms with van der Waals surface area (Å²) in [5, 5.41) is 4.45. The Morgan fingerprint density at radius 2 is 2.14 bits per heavy atom. The van der Waals surface area contributed by atoms with Gasteiger partial charge in [-0.3, -0.25) is 4.68 Å². The first kappa shape index (κ1) is 14.4. The van der Waals surface area contributed by atoms with Crippen LogP contribution in [0, 0.1) is 0 Å². The summed E-state index contributed by atoms with van der Waals surface area (Å²) in [7, 11) is 1.72. The zero-order valence-corrected chi connectivity index (χ0v) is 12.9. The fourth-order valence-corrected chi connectivity index (χ4v) is 3.49. The van der Waals surface area contributed by atoms with Crippen molar-refractivity contribution in [2.45, 2.75) is 38.8 Å². The van der Waals surface area contributed by atoms with Crippen LogP contribution in [0.3, 0.4) is 0 Å². The van der Waals surface area contributed by atoms with Crippen molar-refractivity contribution in [1.82, 2.24) is 19.6 Å². The predicted molar refractivity (Wildman–Crippen MR) is 79.1 cm³/mol. The van der Waals surface area contributed by atoms with E-state index in [0.717, 1.165) is 44.6 Å². The van der Waals surface area contributed by atoms with E-state index in [1.807, 2.05) is 20.7 Å². The van der Waals surface area contributed by atoms with E-state index >= 15 is 0 Å². The van der Waals surface area contributed by atoms with Crippen LogP contribution in [0.15, 0.2) is 6.20 Å². The first-order valence-corrected chi connectivity index (χ1v) is 7.82. The summed E-state index contributed by atoms with van der Waals surface area (Å²) in [6.45, 7) is 6.76. The molecular formula is C15H24N4O2. The molecule has 1 atom stereocenters. The molecule has 1 unspecified atom stereocenters. The third-order valence-corrected chi connectivity index (χ3v) is 4.46. The van der Waals surface area contributed by atoms with Gasteiger partial charge >= 0.3 is 6.03 Å². The highest BCUT2D eigenvalue weighted by Crippen LogP contribution is 2.29.